The Bertz CT molecular complexity index is 1380. The van der Waals surface area contributed by atoms with Crippen molar-refractivity contribution < 1.29 is 58.8 Å². The van der Waals surface area contributed by atoms with Crippen LogP contribution in [0.3, 0.4) is 0 Å². The van der Waals surface area contributed by atoms with Gasteiger partial charge in [-0.2, -0.15) is 0 Å². The van der Waals surface area contributed by atoms with E-state index >= 15 is 0 Å². The summed E-state index contributed by atoms with van der Waals surface area (Å²) in [6, 6.07) is -0.555. The fourth-order valence-corrected chi connectivity index (χ4v) is 5.02. The summed E-state index contributed by atoms with van der Waals surface area (Å²) in [5.74, 6) is -8.42. The molecule has 7 atom stereocenters. The first-order valence-corrected chi connectivity index (χ1v) is 15.4. The molecule has 1 fully saturated rings. The number of aliphatic hydroxyl groups excluding tert-OH is 2. The number of amides is 6. The summed E-state index contributed by atoms with van der Waals surface area (Å²) in [6.45, 7) is 0.193. The molecule has 1 aromatic carbocycles. The summed E-state index contributed by atoms with van der Waals surface area (Å²) >= 11 is 0. The van der Waals surface area contributed by atoms with Crippen molar-refractivity contribution in [3.8, 4) is 0 Å². The number of aliphatic carboxylic acids is 2. The van der Waals surface area contributed by atoms with E-state index in [4.69, 9.17) is 16.6 Å². The number of carbonyl (C=O) groups excluding carboxylic acids is 6. The molecule has 0 radical (unpaired) electrons. The molecule has 1 saturated heterocycles. The molecule has 0 bridgehead atoms. The van der Waals surface area contributed by atoms with Crippen molar-refractivity contribution in [2.24, 2.45) is 11.5 Å². The van der Waals surface area contributed by atoms with E-state index in [2.05, 4.69) is 16.0 Å². The molecule has 19 heteroatoms. The van der Waals surface area contributed by atoms with Gasteiger partial charge in [0, 0.05) is 19.4 Å². The van der Waals surface area contributed by atoms with Crippen LogP contribution in [-0.4, -0.2) is 128 Å². The highest BCUT2D eigenvalue weighted by atomic mass is 16.4. The van der Waals surface area contributed by atoms with E-state index < -0.39 is 103 Å². The Morgan fingerprint density at radius 3 is 2.08 bits per heavy atom. The van der Waals surface area contributed by atoms with E-state index in [-0.39, 0.29) is 32.2 Å². The van der Waals surface area contributed by atoms with Gasteiger partial charge < -0.3 is 58.1 Å². The minimum atomic E-state index is -1.73. The standard InChI is InChI=1S/C30H43N7O12/c1-15(39)24(28(46)35-20(14-38)30(48)49)36-26(44)18(12-16-6-3-2-4-7-16)33-27(45)21-8-5-11-37(21)29(47)19(13-23(41)42)34-25(43)17(31)9-10-22(32)40/h2-4,6-7,15,17-21,24,38-39H,5,8-14,31H2,1H3,(H2,32,40)(H,33,45)(H,34,43)(H,35,46)(H,36,44)(H,41,42)(H,48,49)/t15-,17+,18+,19+,20+,21+,24+/m1/s1. The highest BCUT2D eigenvalue weighted by Crippen LogP contribution is 2.20. The van der Waals surface area contributed by atoms with Crippen molar-refractivity contribution in [2.75, 3.05) is 13.2 Å². The Kier molecular flexibility index (Phi) is 15.5. The van der Waals surface area contributed by atoms with Gasteiger partial charge in [-0.25, -0.2) is 4.79 Å². The van der Waals surface area contributed by atoms with E-state index in [1.165, 1.54) is 0 Å². The zero-order valence-corrected chi connectivity index (χ0v) is 26.7. The van der Waals surface area contributed by atoms with Crippen molar-refractivity contribution in [2.45, 2.75) is 87.8 Å². The molecule has 1 aliphatic heterocycles. The van der Waals surface area contributed by atoms with E-state index in [1.807, 2.05) is 5.32 Å². The third-order valence-corrected chi connectivity index (χ3v) is 7.65. The molecule has 49 heavy (non-hydrogen) atoms. The average molecular weight is 694 g/mol. The van der Waals surface area contributed by atoms with Crippen LogP contribution >= 0.6 is 0 Å². The molecular weight excluding hydrogens is 650 g/mol. The van der Waals surface area contributed by atoms with Crippen molar-refractivity contribution in [3.05, 3.63) is 35.9 Å². The highest BCUT2D eigenvalue weighted by Gasteiger charge is 2.40. The van der Waals surface area contributed by atoms with Gasteiger partial charge in [0.05, 0.1) is 25.2 Å². The van der Waals surface area contributed by atoms with Crippen LogP contribution in [0, 0.1) is 0 Å². The second kappa shape index (κ2) is 19.0. The fourth-order valence-electron chi connectivity index (χ4n) is 5.02. The van der Waals surface area contributed by atoms with E-state index in [9.17, 15) is 53.7 Å². The molecule has 6 amide bonds. The van der Waals surface area contributed by atoms with Gasteiger partial charge in [0.2, 0.25) is 35.4 Å². The molecule has 270 valence electrons. The van der Waals surface area contributed by atoms with Crippen molar-refractivity contribution in [1.29, 1.82) is 0 Å². The Balaban J connectivity index is 2.29. The van der Waals surface area contributed by atoms with Gasteiger partial charge in [-0.15, -0.1) is 0 Å². The minimum absolute atomic E-state index is 0.00601. The highest BCUT2D eigenvalue weighted by molar-refractivity contribution is 5.97. The summed E-state index contributed by atoms with van der Waals surface area (Å²) < 4.78 is 0. The lowest BCUT2D eigenvalue weighted by Gasteiger charge is -2.30. The molecule has 1 heterocycles. The second-order valence-corrected chi connectivity index (χ2v) is 11.5. The van der Waals surface area contributed by atoms with Crippen LogP contribution < -0.4 is 32.7 Å². The molecule has 0 unspecified atom stereocenters. The van der Waals surface area contributed by atoms with E-state index in [1.54, 1.807) is 30.3 Å². The van der Waals surface area contributed by atoms with E-state index in [0.717, 1.165) is 11.8 Å². The second-order valence-electron chi connectivity index (χ2n) is 11.5. The van der Waals surface area contributed by atoms with Crippen molar-refractivity contribution >= 4 is 47.4 Å². The zero-order chi connectivity index (χ0) is 36.8. The number of nitrogens with two attached hydrogens (primary N) is 2. The molecule has 0 saturated carbocycles. The first-order valence-electron chi connectivity index (χ1n) is 15.4. The lowest BCUT2D eigenvalue weighted by atomic mass is 10.0. The van der Waals surface area contributed by atoms with Gasteiger partial charge >= 0.3 is 11.9 Å². The SMILES string of the molecule is C[C@@H](O)[C@H](NC(=O)[C@H](Cc1ccccc1)NC(=O)[C@@H]1CCCN1C(=O)[C@H](CC(=O)O)NC(=O)[C@@H](N)CCC(N)=O)C(=O)N[C@@H](CO)C(=O)O. The van der Waals surface area contributed by atoms with Crippen LogP contribution in [0.2, 0.25) is 0 Å². The number of carbonyl (C=O) groups is 8. The minimum Gasteiger partial charge on any atom is -0.481 e. The third-order valence-electron chi connectivity index (χ3n) is 7.65. The molecule has 1 aromatic rings. The number of rotatable bonds is 19. The van der Waals surface area contributed by atoms with Crippen molar-refractivity contribution in [3.63, 3.8) is 0 Å². The normalized spacial score (nSPS) is 17.7. The zero-order valence-electron chi connectivity index (χ0n) is 26.7. The number of hydrogen-bond donors (Lipinski definition) is 10. The molecule has 2 rings (SSSR count). The van der Waals surface area contributed by atoms with Crippen LogP contribution in [-0.2, 0) is 44.8 Å². The van der Waals surface area contributed by atoms with Gasteiger partial charge in [0.15, 0.2) is 0 Å². The predicted molar refractivity (Wildman–Crippen MR) is 168 cm³/mol. The Morgan fingerprint density at radius 2 is 1.53 bits per heavy atom. The summed E-state index contributed by atoms with van der Waals surface area (Å²) in [6.07, 6.45) is -2.48. The number of benzene rings is 1. The Hall–Kier alpha value is -5.14. The van der Waals surface area contributed by atoms with E-state index in [0.29, 0.717) is 12.0 Å². The monoisotopic (exact) mass is 693 g/mol. The molecule has 0 spiro atoms. The maximum Gasteiger partial charge on any atom is 0.328 e. The van der Waals surface area contributed by atoms with Gasteiger partial charge in [-0.1, -0.05) is 30.3 Å². The largest absolute Gasteiger partial charge is 0.481 e. The van der Waals surface area contributed by atoms with Crippen LogP contribution in [0.1, 0.15) is 44.6 Å². The van der Waals surface area contributed by atoms with Gasteiger partial charge in [-0.05, 0) is 31.7 Å². The van der Waals surface area contributed by atoms with Gasteiger partial charge in [0.25, 0.3) is 0 Å². The molecule has 0 aliphatic carbocycles. The molecule has 19 nitrogen and oxygen atoms in total. The first-order chi connectivity index (χ1) is 23.0. The summed E-state index contributed by atoms with van der Waals surface area (Å²) in [5.41, 5.74) is 11.4. The maximum atomic E-state index is 13.6. The third kappa shape index (κ3) is 12.4. The number of nitrogens with zero attached hydrogens (tertiary/aromatic N) is 1. The smallest absolute Gasteiger partial charge is 0.328 e. The topological polar surface area (TPSA) is 321 Å². The summed E-state index contributed by atoms with van der Waals surface area (Å²) in [4.78, 5) is 101. The van der Waals surface area contributed by atoms with Gasteiger partial charge in [0.1, 0.15) is 30.2 Å². The Morgan fingerprint density at radius 1 is 0.898 bits per heavy atom. The van der Waals surface area contributed by atoms with Crippen LogP contribution in [0.15, 0.2) is 30.3 Å². The quantitative estimate of drug-likeness (QED) is 0.0656. The summed E-state index contributed by atoms with van der Waals surface area (Å²) in [7, 11) is 0. The Labute approximate surface area is 280 Å². The number of hydrogen-bond acceptors (Lipinski definition) is 11. The number of likely N-dealkylation sites (tertiary alicyclic amines) is 1. The van der Waals surface area contributed by atoms with Crippen LogP contribution in [0.25, 0.3) is 0 Å². The first kappa shape index (κ1) is 40.0. The number of carboxylic acids is 2. The fraction of sp³-hybridized carbons (Fsp3) is 0.533. The number of carboxylic acid groups (broad SMARTS) is 2. The van der Waals surface area contributed by atoms with Crippen LogP contribution in [0.4, 0.5) is 0 Å². The number of nitrogens with one attached hydrogen (secondary N) is 4. The molecule has 0 aromatic heterocycles. The predicted octanol–water partition coefficient (Wildman–Crippen LogP) is -4.32. The maximum absolute atomic E-state index is 13.6. The van der Waals surface area contributed by atoms with Gasteiger partial charge in [-0.3, -0.25) is 33.6 Å². The molecule has 12 N–H and O–H groups in total. The molecule has 1 aliphatic rings. The average Bonchev–Trinajstić information content (AvgIpc) is 3.54. The lowest BCUT2D eigenvalue weighted by molar-refractivity contribution is -0.146. The van der Waals surface area contributed by atoms with Crippen molar-refractivity contribution in [1.82, 2.24) is 26.2 Å². The number of primary amides is 1. The summed E-state index contributed by atoms with van der Waals surface area (Å²) in [5, 5.41) is 47.2. The lowest BCUT2D eigenvalue weighted by Crippen LogP contribution is -2.61. The molecular formula is C30H43N7O12. The number of aliphatic hydroxyl groups is 2. The van der Waals surface area contributed by atoms with Crippen LogP contribution in [0.5, 0.6) is 0 Å².